The van der Waals surface area contributed by atoms with E-state index in [1.807, 2.05) is 19.1 Å². The Bertz CT molecular complexity index is 433. The van der Waals surface area contributed by atoms with Crippen molar-refractivity contribution in [1.29, 1.82) is 0 Å². The molecule has 0 radical (unpaired) electrons. The molecule has 0 spiro atoms. The fourth-order valence-corrected chi connectivity index (χ4v) is 2.34. The Morgan fingerprint density at radius 2 is 2.17 bits per heavy atom. The van der Waals surface area contributed by atoms with E-state index >= 15 is 0 Å². The van der Waals surface area contributed by atoms with Crippen molar-refractivity contribution >= 4 is 33.0 Å². The molecule has 0 N–H and O–H groups in total. The molecule has 0 aliphatic carbocycles. The summed E-state index contributed by atoms with van der Waals surface area (Å²) in [7, 11) is 0. The predicted molar refractivity (Wildman–Crippen MR) is 51.5 cm³/mol. The van der Waals surface area contributed by atoms with E-state index in [4.69, 9.17) is 11.6 Å². The number of benzene rings is 1. The normalized spacial score (nSPS) is 10.9. The lowest BCUT2D eigenvalue weighted by Crippen LogP contribution is -1.74. The summed E-state index contributed by atoms with van der Waals surface area (Å²) >= 11 is 7.06. The third-order valence-corrected chi connectivity index (χ3v) is 3.05. The molecule has 0 atom stereocenters. The van der Waals surface area contributed by atoms with Crippen LogP contribution in [0, 0.1) is 12.7 Å². The Balaban J connectivity index is 2.89. The van der Waals surface area contributed by atoms with Gasteiger partial charge in [0.1, 0.15) is 0 Å². The van der Waals surface area contributed by atoms with Crippen molar-refractivity contribution in [2.45, 2.75) is 6.92 Å². The minimum atomic E-state index is -0.299. The van der Waals surface area contributed by atoms with Crippen LogP contribution in [-0.4, -0.2) is 0 Å². The molecule has 3 heteroatoms. The standard InChI is InChI=1S/C9H6ClFS/c1-5-4-6-2-3-7(10)8(11)9(6)12-5/h2-4H,1H3. The van der Waals surface area contributed by atoms with Gasteiger partial charge in [-0.2, -0.15) is 0 Å². The van der Waals surface area contributed by atoms with Crippen LogP contribution in [0.3, 0.4) is 0 Å². The summed E-state index contributed by atoms with van der Waals surface area (Å²) < 4.78 is 13.9. The smallest absolute Gasteiger partial charge is 0.159 e. The second-order valence-corrected chi connectivity index (χ2v) is 4.30. The summed E-state index contributed by atoms with van der Waals surface area (Å²) in [6.45, 7) is 1.96. The van der Waals surface area contributed by atoms with E-state index in [0.717, 1.165) is 10.3 Å². The number of hydrogen-bond acceptors (Lipinski definition) is 1. The Morgan fingerprint density at radius 3 is 2.92 bits per heavy atom. The van der Waals surface area contributed by atoms with Crippen LogP contribution in [0.2, 0.25) is 5.02 Å². The van der Waals surface area contributed by atoms with Crippen LogP contribution in [-0.2, 0) is 0 Å². The van der Waals surface area contributed by atoms with Crippen LogP contribution in [0.4, 0.5) is 4.39 Å². The van der Waals surface area contributed by atoms with Crippen LogP contribution >= 0.6 is 22.9 Å². The third kappa shape index (κ3) is 1.11. The maximum atomic E-state index is 13.3. The van der Waals surface area contributed by atoms with Gasteiger partial charge in [-0.3, -0.25) is 0 Å². The van der Waals surface area contributed by atoms with Gasteiger partial charge in [0.25, 0.3) is 0 Å². The molecule has 1 heterocycles. The van der Waals surface area contributed by atoms with Crippen molar-refractivity contribution in [2.75, 3.05) is 0 Å². The Labute approximate surface area is 78.6 Å². The minimum absolute atomic E-state index is 0.198. The van der Waals surface area contributed by atoms with Crippen molar-refractivity contribution in [3.8, 4) is 0 Å². The Morgan fingerprint density at radius 1 is 1.42 bits per heavy atom. The van der Waals surface area contributed by atoms with E-state index in [1.165, 1.54) is 11.3 Å². The van der Waals surface area contributed by atoms with E-state index in [2.05, 4.69) is 0 Å². The van der Waals surface area contributed by atoms with Gasteiger partial charge in [0, 0.05) is 4.88 Å². The fraction of sp³-hybridized carbons (Fsp3) is 0.111. The van der Waals surface area contributed by atoms with Crippen molar-refractivity contribution in [3.05, 3.63) is 33.9 Å². The number of thiophene rings is 1. The fourth-order valence-electron chi connectivity index (χ4n) is 1.17. The van der Waals surface area contributed by atoms with Crippen molar-refractivity contribution < 1.29 is 4.39 Å². The molecule has 0 nitrogen and oxygen atoms in total. The van der Waals surface area contributed by atoms with Crippen LogP contribution in [0.1, 0.15) is 4.88 Å². The van der Waals surface area contributed by atoms with E-state index in [0.29, 0.717) is 4.70 Å². The van der Waals surface area contributed by atoms with E-state index < -0.39 is 0 Å². The molecule has 2 rings (SSSR count). The van der Waals surface area contributed by atoms with Crippen LogP contribution in [0.5, 0.6) is 0 Å². The highest BCUT2D eigenvalue weighted by Crippen LogP contribution is 2.31. The largest absolute Gasteiger partial charge is 0.204 e. The first-order valence-corrected chi connectivity index (χ1v) is 4.72. The lowest BCUT2D eigenvalue weighted by molar-refractivity contribution is 0.642. The van der Waals surface area contributed by atoms with Gasteiger partial charge in [-0.25, -0.2) is 4.39 Å². The highest BCUT2D eigenvalue weighted by molar-refractivity contribution is 7.19. The van der Waals surface area contributed by atoms with Crippen molar-refractivity contribution in [3.63, 3.8) is 0 Å². The number of fused-ring (bicyclic) bond motifs is 1. The SMILES string of the molecule is Cc1cc2ccc(Cl)c(F)c2s1. The molecule has 0 bridgehead atoms. The maximum absolute atomic E-state index is 13.3. The second kappa shape index (κ2) is 2.71. The molecule has 0 saturated heterocycles. The summed E-state index contributed by atoms with van der Waals surface area (Å²) in [5.41, 5.74) is 0. The first kappa shape index (κ1) is 8.02. The number of hydrogen-bond donors (Lipinski definition) is 0. The number of aryl methyl sites for hydroxylation is 1. The van der Waals surface area contributed by atoms with Crippen LogP contribution < -0.4 is 0 Å². The summed E-state index contributed by atoms with van der Waals surface area (Å²) in [4.78, 5) is 1.10. The zero-order chi connectivity index (χ0) is 8.72. The molecule has 0 aliphatic rings. The molecule has 0 saturated carbocycles. The molecule has 62 valence electrons. The molecule has 0 unspecified atom stereocenters. The zero-order valence-corrected chi connectivity index (χ0v) is 7.97. The first-order valence-electron chi connectivity index (χ1n) is 3.52. The quantitative estimate of drug-likeness (QED) is 0.603. The van der Waals surface area contributed by atoms with Gasteiger partial charge >= 0.3 is 0 Å². The lowest BCUT2D eigenvalue weighted by atomic mass is 10.2. The van der Waals surface area contributed by atoms with Crippen molar-refractivity contribution in [1.82, 2.24) is 0 Å². The highest BCUT2D eigenvalue weighted by atomic mass is 35.5. The Kier molecular flexibility index (Phi) is 1.81. The summed E-state index contributed by atoms with van der Waals surface area (Å²) in [6.07, 6.45) is 0. The van der Waals surface area contributed by atoms with Gasteiger partial charge in [-0.1, -0.05) is 17.7 Å². The molecule has 0 aliphatic heterocycles. The summed E-state index contributed by atoms with van der Waals surface area (Å²) in [5, 5.41) is 1.13. The van der Waals surface area contributed by atoms with Gasteiger partial charge < -0.3 is 0 Å². The van der Waals surface area contributed by atoms with E-state index in [-0.39, 0.29) is 10.8 Å². The molecule has 12 heavy (non-hydrogen) atoms. The monoisotopic (exact) mass is 200 g/mol. The van der Waals surface area contributed by atoms with E-state index in [1.54, 1.807) is 6.07 Å². The van der Waals surface area contributed by atoms with Crippen molar-refractivity contribution in [2.24, 2.45) is 0 Å². The van der Waals surface area contributed by atoms with Gasteiger partial charge in [0.2, 0.25) is 0 Å². The van der Waals surface area contributed by atoms with E-state index in [9.17, 15) is 4.39 Å². The Hall–Kier alpha value is -0.600. The molecule has 1 aromatic carbocycles. The average Bonchev–Trinajstić information content (AvgIpc) is 2.39. The average molecular weight is 201 g/mol. The summed E-state index contributed by atoms with van der Waals surface area (Å²) in [6, 6.07) is 5.38. The number of rotatable bonds is 0. The van der Waals surface area contributed by atoms with Gasteiger partial charge in [-0.15, -0.1) is 11.3 Å². The number of halogens is 2. The molecule has 0 amide bonds. The second-order valence-electron chi connectivity index (χ2n) is 2.64. The summed E-state index contributed by atoms with van der Waals surface area (Å²) in [5.74, 6) is -0.299. The molecule has 0 fully saturated rings. The highest BCUT2D eigenvalue weighted by Gasteiger charge is 2.07. The molecule has 1 aromatic heterocycles. The zero-order valence-electron chi connectivity index (χ0n) is 6.40. The van der Waals surface area contributed by atoms with Crippen LogP contribution in [0.25, 0.3) is 10.1 Å². The maximum Gasteiger partial charge on any atom is 0.159 e. The molecule has 2 aromatic rings. The van der Waals surface area contributed by atoms with Gasteiger partial charge in [0.15, 0.2) is 5.82 Å². The van der Waals surface area contributed by atoms with Gasteiger partial charge in [0.05, 0.1) is 9.72 Å². The first-order chi connectivity index (χ1) is 5.68. The third-order valence-electron chi connectivity index (χ3n) is 1.70. The van der Waals surface area contributed by atoms with Crippen LogP contribution in [0.15, 0.2) is 18.2 Å². The van der Waals surface area contributed by atoms with Gasteiger partial charge in [-0.05, 0) is 24.4 Å². The topological polar surface area (TPSA) is 0 Å². The molecular formula is C9H6ClFS. The predicted octanol–water partition coefficient (Wildman–Crippen LogP) is 4.00. The molecular weight excluding hydrogens is 195 g/mol. The lowest BCUT2D eigenvalue weighted by Gasteiger charge is -1.93. The minimum Gasteiger partial charge on any atom is -0.204 e.